The van der Waals surface area contributed by atoms with Crippen molar-refractivity contribution in [3.8, 4) is 11.4 Å². The Bertz CT molecular complexity index is 1630. The summed E-state index contributed by atoms with van der Waals surface area (Å²) in [4.78, 5) is 13.0. The number of hydrogen-bond acceptors (Lipinski definition) is 5. The zero-order valence-corrected chi connectivity index (χ0v) is 24.2. The molecule has 8 nitrogen and oxygen atoms in total. The van der Waals surface area contributed by atoms with E-state index in [-0.39, 0.29) is 11.4 Å². The van der Waals surface area contributed by atoms with Crippen molar-refractivity contribution in [2.75, 3.05) is 13.7 Å². The minimum absolute atomic E-state index is 0.0312. The second-order valence-corrected chi connectivity index (χ2v) is 11.6. The number of nitrogens with one attached hydrogen (secondary N) is 1. The molecule has 4 aromatic rings. The van der Waals surface area contributed by atoms with Crippen molar-refractivity contribution in [1.29, 1.82) is 0 Å². The standard InChI is InChI=1S/C31H34N4O4S/c1-22-11-12-28(17-23(22)2)35-24(3)18-27(25(35)4)19-32-33-31(36)21-34(20-26-9-7-6-8-10-26)40(37,38)30-15-13-29(39-5)14-16-30/h6-19H,20-21H2,1-5H3,(H,33,36)/b32-19+. The van der Waals surface area contributed by atoms with Crippen LogP contribution in [0.3, 0.4) is 0 Å². The summed E-state index contributed by atoms with van der Waals surface area (Å²) in [6, 6.07) is 23.5. The van der Waals surface area contributed by atoms with Crippen LogP contribution in [0.5, 0.6) is 5.75 Å². The smallest absolute Gasteiger partial charge is 0.255 e. The van der Waals surface area contributed by atoms with Crippen molar-refractivity contribution in [3.05, 3.63) is 113 Å². The van der Waals surface area contributed by atoms with Crippen molar-refractivity contribution < 1.29 is 17.9 Å². The molecule has 0 saturated heterocycles. The number of ether oxygens (including phenoxy) is 1. The number of sulfonamides is 1. The van der Waals surface area contributed by atoms with Gasteiger partial charge >= 0.3 is 0 Å². The number of amides is 1. The summed E-state index contributed by atoms with van der Waals surface area (Å²) in [5, 5.41) is 4.14. The maximum atomic E-state index is 13.5. The lowest BCUT2D eigenvalue weighted by molar-refractivity contribution is -0.121. The quantitative estimate of drug-likeness (QED) is 0.218. The van der Waals surface area contributed by atoms with Gasteiger partial charge in [0.25, 0.3) is 5.91 Å². The van der Waals surface area contributed by atoms with E-state index in [2.05, 4.69) is 47.1 Å². The molecule has 9 heteroatoms. The summed E-state index contributed by atoms with van der Waals surface area (Å²) in [6.07, 6.45) is 1.58. The van der Waals surface area contributed by atoms with E-state index < -0.39 is 22.5 Å². The van der Waals surface area contributed by atoms with Gasteiger partial charge in [-0.15, -0.1) is 0 Å². The van der Waals surface area contributed by atoms with E-state index in [1.165, 1.54) is 30.4 Å². The molecule has 4 rings (SSSR count). The summed E-state index contributed by atoms with van der Waals surface area (Å²) in [5.74, 6) is -0.00949. The third-order valence-electron chi connectivity index (χ3n) is 6.83. The number of aryl methyl sites for hydroxylation is 3. The van der Waals surface area contributed by atoms with Gasteiger partial charge in [-0.25, -0.2) is 13.8 Å². The molecule has 0 atom stereocenters. The molecule has 3 aromatic carbocycles. The predicted molar refractivity (Wildman–Crippen MR) is 157 cm³/mol. The number of aromatic nitrogens is 1. The monoisotopic (exact) mass is 558 g/mol. The third-order valence-corrected chi connectivity index (χ3v) is 8.64. The predicted octanol–water partition coefficient (Wildman–Crippen LogP) is 5.06. The van der Waals surface area contributed by atoms with Gasteiger partial charge in [-0.05, 0) is 86.8 Å². The number of nitrogens with zero attached hydrogens (tertiary/aromatic N) is 3. The summed E-state index contributed by atoms with van der Waals surface area (Å²) in [7, 11) is -2.47. The van der Waals surface area contributed by atoms with Crippen LogP contribution in [0.1, 0.15) is 33.6 Å². The summed E-state index contributed by atoms with van der Waals surface area (Å²) >= 11 is 0. The van der Waals surface area contributed by atoms with Crippen molar-refractivity contribution >= 4 is 22.1 Å². The molecular weight excluding hydrogens is 524 g/mol. The van der Waals surface area contributed by atoms with E-state index in [1.807, 2.05) is 50.2 Å². The highest BCUT2D eigenvalue weighted by Crippen LogP contribution is 2.23. The van der Waals surface area contributed by atoms with Gasteiger partial charge in [-0.3, -0.25) is 4.79 Å². The van der Waals surface area contributed by atoms with Gasteiger partial charge < -0.3 is 9.30 Å². The highest BCUT2D eigenvalue weighted by Gasteiger charge is 2.27. The summed E-state index contributed by atoms with van der Waals surface area (Å²) in [5.41, 5.74) is 9.61. The molecule has 0 aliphatic rings. The fourth-order valence-corrected chi connectivity index (χ4v) is 5.84. The number of hydrazone groups is 1. The Morgan fingerprint density at radius 2 is 1.65 bits per heavy atom. The Balaban J connectivity index is 1.52. The molecule has 0 saturated carbocycles. The Kier molecular flexibility index (Phi) is 8.86. The average molecular weight is 559 g/mol. The zero-order chi connectivity index (χ0) is 28.9. The number of methoxy groups -OCH3 is 1. The second kappa shape index (κ2) is 12.3. The van der Waals surface area contributed by atoms with E-state index in [0.29, 0.717) is 5.75 Å². The number of hydrogen-bond donors (Lipinski definition) is 1. The normalized spacial score (nSPS) is 11.8. The van der Waals surface area contributed by atoms with Gasteiger partial charge in [0.1, 0.15) is 5.75 Å². The number of carbonyl (C=O) groups excluding carboxylic acids is 1. The first-order chi connectivity index (χ1) is 19.1. The Morgan fingerprint density at radius 1 is 0.950 bits per heavy atom. The van der Waals surface area contributed by atoms with Crippen LogP contribution in [0.15, 0.2) is 88.9 Å². The van der Waals surface area contributed by atoms with Crippen LogP contribution in [-0.2, 0) is 21.4 Å². The van der Waals surface area contributed by atoms with E-state index in [1.54, 1.807) is 18.3 Å². The van der Waals surface area contributed by atoms with Crippen LogP contribution in [0.25, 0.3) is 5.69 Å². The van der Waals surface area contributed by atoms with Gasteiger partial charge in [0.05, 0.1) is 24.8 Å². The lowest BCUT2D eigenvalue weighted by atomic mass is 10.1. The van der Waals surface area contributed by atoms with Crippen LogP contribution >= 0.6 is 0 Å². The summed E-state index contributed by atoms with van der Waals surface area (Å²) < 4.78 is 35.4. The van der Waals surface area contributed by atoms with Crippen LogP contribution < -0.4 is 10.2 Å². The van der Waals surface area contributed by atoms with E-state index in [4.69, 9.17) is 4.74 Å². The van der Waals surface area contributed by atoms with Crippen molar-refractivity contribution in [1.82, 2.24) is 14.3 Å². The fraction of sp³-hybridized carbons (Fsp3) is 0.226. The maximum absolute atomic E-state index is 13.5. The van der Waals surface area contributed by atoms with E-state index in [9.17, 15) is 13.2 Å². The Labute approximate surface area is 236 Å². The first kappa shape index (κ1) is 28.8. The third kappa shape index (κ3) is 6.50. The molecule has 40 heavy (non-hydrogen) atoms. The molecule has 0 aliphatic carbocycles. The van der Waals surface area contributed by atoms with Crippen LogP contribution in [0.4, 0.5) is 0 Å². The number of carbonyl (C=O) groups is 1. The van der Waals surface area contributed by atoms with Gasteiger partial charge in [0.15, 0.2) is 0 Å². The van der Waals surface area contributed by atoms with Crippen molar-refractivity contribution in [3.63, 3.8) is 0 Å². The van der Waals surface area contributed by atoms with Crippen molar-refractivity contribution in [2.45, 2.75) is 39.1 Å². The highest BCUT2D eigenvalue weighted by molar-refractivity contribution is 7.89. The molecule has 1 aromatic heterocycles. The first-order valence-electron chi connectivity index (χ1n) is 12.9. The number of rotatable bonds is 10. The molecule has 0 fully saturated rings. The van der Waals surface area contributed by atoms with Gasteiger partial charge in [0, 0.05) is 29.2 Å². The Hall–Kier alpha value is -4.21. The molecule has 0 bridgehead atoms. The Morgan fingerprint density at radius 3 is 2.30 bits per heavy atom. The lowest BCUT2D eigenvalue weighted by Gasteiger charge is -2.21. The summed E-state index contributed by atoms with van der Waals surface area (Å²) in [6.45, 7) is 7.81. The molecule has 0 radical (unpaired) electrons. The van der Waals surface area contributed by atoms with E-state index >= 15 is 0 Å². The van der Waals surface area contributed by atoms with Gasteiger partial charge in [-0.1, -0.05) is 36.4 Å². The molecule has 1 N–H and O–H groups in total. The topological polar surface area (TPSA) is 93.0 Å². The molecule has 0 aliphatic heterocycles. The first-order valence-corrected chi connectivity index (χ1v) is 14.3. The molecule has 0 unspecified atom stereocenters. The van der Waals surface area contributed by atoms with Crippen LogP contribution in [0, 0.1) is 27.7 Å². The zero-order valence-electron chi connectivity index (χ0n) is 23.4. The largest absolute Gasteiger partial charge is 0.497 e. The van der Waals surface area contributed by atoms with Crippen molar-refractivity contribution in [2.24, 2.45) is 5.10 Å². The lowest BCUT2D eigenvalue weighted by Crippen LogP contribution is -2.39. The van der Waals surface area contributed by atoms with Gasteiger partial charge in [-0.2, -0.15) is 9.41 Å². The minimum atomic E-state index is -3.98. The minimum Gasteiger partial charge on any atom is -0.497 e. The van der Waals surface area contributed by atoms with Crippen LogP contribution in [0.2, 0.25) is 0 Å². The van der Waals surface area contributed by atoms with E-state index in [0.717, 1.165) is 32.5 Å². The molecular formula is C31H34N4O4S. The number of benzene rings is 3. The average Bonchev–Trinajstić information content (AvgIpc) is 3.22. The maximum Gasteiger partial charge on any atom is 0.255 e. The highest BCUT2D eigenvalue weighted by atomic mass is 32.2. The SMILES string of the molecule is COc1ccc(S(=O)(=O)N(CC(=O)N/N=C/c2cc(C)n(-c3ccc(C)c(C)c3)c2C)Cc2ccccc2)cc1. The van der Waals surface area contributed by atoms with Gasteiger partial charge in [0.2, 0.25) is 10.0 Å². The second-order valence-electron chi connectivity index (χ2n) is 9.66. The van der Waals surface area contributed by atoms with Crippen LogP contribution in [-0.4, -0.2) is 43.1 Å². The molecule has 208 valence electrons. The molecule has 0 spiro atoms. The molecule has 1 heterocycles. The molecule has 1 amide bonds. The fourth-order valence-electron chi connectivity index (χ4n) is 4.46.